The molecular formula is C22H24F3N5O4S. The first kappa shape index (κ1) is 24.9. The fourth-order valence-corrected chi connectivity index (χ4v) is 4.73. The van der Waals surface area contributed by atoms with Crippen LogP contribution in [0.2, 0.25) is 0 Å². The molecule has 1 atom stereocenters. The highest BCUT2D eigenvalue weighted by molar-refractivity contribution is 7.92. The quantitative estimate of drug-likeness (QED) is 0.485. The third-order valence-electron chi connectivity index (χ3n) is 5.71. The van der Waals surface area contributed by atoms with Gasteiger partial charge in [0.25, 0.3) is 10.0 Å². The van der Waals surface area contributed by atoms with Gasteiger partial charge in [0.1, 0.15) is 0 Å². The summed E-state index contributed by atoms with van der Waals surface area (Å²) in [6.45, 7) is 3.61. The first-order valence-electron chi connectivity index (χ1n) is 10.9. The van der Waals surface area contributed by atoms with E-state index in [2.05, 4.69) is 29.5 Å². The number of nitrogens with zero attached hydrogens (tertiary/aromatic N) is 4. The van der Waals surface area contributed by atoms with Gasteiger partial charge in [-0.2, -0.15) is 18.2 Å². The Bertz CT molecular complexity index is 1280. The number of aromatic nitrogens is 3. The lowest BCUT2D eigenvalue weighted by atomic mass is 9.97. The minimum atomic E-state index is -4.43. The largest absolute Gasteiger partial charge is 0.468 e. The molecule has 1 aliphatic heterocycles. The van der Waals surface area contributed by atoms with Crippen LogP contribution in [0.15, 0.2) is 45.9 Å². The molecule has 0 bridgehead atoms. The van der Waals surface area contributed by atoms with Gasteiger partial charge in [-0.25, -0.2) is 18.1 Å². The van der Waals surface area contributed by atoms with Gasteiger partial charge in [-0.15, -0.1) is 0 Å². The van der Waals surface area contributed by atoms with Crippen LogP contribution in [0.5, 0.6) is 5.88 Å². The van der Waals surface area contributed by atoms with Crippen molar-refractivity contribution in [3.63, 3.8) is 0 Å². The number of hydrogen-bond acceptors (Lipinski definition) is 8. The number of nitrogens with one attached hydrogen (secondary N) is 1. The van der Waals surface area contributed by atoms with Crippen LogP contribution in [0.25, 0.3) is 0 Å². The molecule has 0 radical (unpaired) electrons. The molecule has 1 aliphatic rings. The number of anilines is 1. The zero-order valence-corrected chi connectivity index (χ0v) is 19.9. The summed E-state index contributed by atoms with van der Waals surface area (Å²) in [4.78, 5) is 10.2. The highest BCUT2D eigenvalue weighted by Crippen LogP contribution is 2.30. The molecule has 0 fully saturated rings. The normalized spacial score (nSPS) is 15.5. The first-order valence-corrected chi connectivity index (χ1v) is 12.4. The lowest BCUT2D eigenvalue weighted by Crippen LogP contribution is -2.33. The number of sulfonamides is 1. The van der Waals surface area contributed by atoms with Crippen molar-refractivity contribution in [1.29, 1.82) is 0 Å². The van der Waals surface area contributed by atoms with Crippen molar-refractivity contribution >= 4 is 16.0 Å². The van der Waals surface area contributed by atoms with E-state index in [1.54, 1.807) is 24.3 Å². The maximum Gasteiger partial charge on any atom is 0.422 e. The summed E-state index contributed by atoms with van der Waals surface area (Å²) in [5.41, 5.74) is 2.72. The van der Waals surface area contributed by atoms with Crippen molar-refractivity contribution in [3.05, 3.63) is 59.0 Å². The van der Waals surface area contributed by atoms with E-state index < -0.39 is 22.8 Å². The lowest BCUT2D eigenvalue weighted by Gasteiger charge is -2.34. The van der Waals surface area contributed by atoms with Crippen molar-refractivity contribution in [2.45, 2.75) is 50.3 Å². The average molecular weight is 512 g/mol. The molecule has 1 N–H and O–H groups in total. The molecule has 0 aliphatic carbocycles. The van der Waals surface area contributed by atoms with Crippen LogP contribution < -0.4 is 9.46 Å². The number of pyridine rings is 1. The molecule has 13 heteroatoms. The summed E-state index contributed by atoms with van der Waals surface area (Å²) in [6.07, 6.45) is -1.71. The predicted octanol–water partition coefficient (Wildman–Crippen LogP) is 3.89. The van der Waals surface area contributed by atoms with Gasteiger partial charge in [0.15, 0.2) is 12.4 Å². The zero-order chi connectivity index (χ0) is 25.2. The van der Waals surface area contributed by atoms with Crippen LogP contribution in [-0.2, 0) is 29.4 Å². The van der Waals surface area contributed by atoms with Crippen molar-refractivity contribution in [1.82, 2.24) is 20.0 Å². The van der Waals surface area contributed by atoms with Gasteiger partial charge in [0.05, 0.1) is 4.90 Å². The van der Waals surface area contributed by atoms with Crippen LogP contribution >= 0.6 is 0 Å². The Morgan fingerprint density at radius 3 is 2.69 bits per heavy atom. The molecule has 1 aromatic carbocycles. The second kappa shape index (κ2) is 9.82. The molecule has 3 aromatic rings. The Balaban J connectivity index is 1.45. The second-order valence-corrected chi connectivity index (χ2v) is 9.82. The number of aryl methyl sites for hydroxylation is 1. The molecule has 3 heterocycles. The molecule has 0 saturated heterocycles. The summed E-state index contributed by atoms with van der Waals surface area (Å²) in [5.74, 6) is 0.295. The Hall–Kier alpha value is -3.19. The van der Waals surface area contributed by atoms with Crippen molar-refractivity contribution in [2.75, 3.05) is 17.9 Å². The number of ether oxygens (including phenoxy) is 1. The molecule has 4 rings (SSSR count). The van der Waals surface area contributed by atoms with Crippen LogP contribution in [-0.4, -0.2) is 47.8 Å². The topological polar surface area (TPSA) is 110 Å². The molecule has 2 aromatic heterocycles. The molecular weight excluding hydrogens is 487 g/mol. The Morgan fingerprint density at radius 1 is 1.23 bits per heavy atom. The van der Waals surface area contributed by atoms with Gasteiger partial charge in [-0.1, -0.05) is 24.2 Å². The van der Waals surface area contributed by atoms with E-state index in [4.69, 9.17) is 4.52 Å². The number of hydrogen-bond donors (Lipinski definition) is 1. The van der Waals surface area contributed by atoms with E-state index in [9.17, 15) is 21.6 Å². The SMILES string of the molecule is CCc1noc(NS(=O)(=O)c2ccc3c(c2)CN([C@H](C)c2ccc(OCC(F)(F)F)nc2)CC3)n1. The van der Waals surface area contributed by atoms with Crippen LogP contribution in [0.4, 0.5) is 19.2 Å². The number of alkyl halides is 3. The Morgan fingerprint density at radius 2 is 2.03 bits per heavy atom. The molecule has 0 spiro atoms. The predicted molar refractivity (Wildman–Crippen MR) is 119 cm³/mol. The summed E-state index contributed by atoms with van der Waals surface area (Å²) in [5, 5.41) is 3.68. The van der Waals surface area contributed by atoms with Gasteiger partial charge < -0.3 is 9.26 Å². The smallest absolute Gasteiger partial charge is 0.422 e. The molecule has 35 heavy (non-hydrogen) atoms. The third kappa shape index (κ3) is 6.09. The maximum absolute atomic E-state index is 12.8. The van der Waals surface area contributed by atoms with Gasteiger partial charge in [0.2, 0.25) is 5.88 Å². The number of rotatable bonds is 8. The van der Waals surface area contributed by atoms with Crippen molar-refractivity contribution in [2.24, 2.45) is 0 Å². The van der Waals surface area contributed by atoms with Gasteiger partial charge in [0, 0.05) is 37.8 Å². The molecule has 188 valence electrons. The average Bonchev–Trinajstić information content (AvgIpc) is 3.28. The van der Waals surface area contributed by atoms with E-state index >= 15 is 0 Å². The standard InChI is InChI=1S/C22H24F3N5O4S/c1-3-19-27-21(34-28-19)29-35(31,32)18-6-4-15-8-9-30(12-17(15)10-18)14(2)16-5-7-20(26-11-16)33-13-22(23,24)25/h4-7,10-11,14H,3,8-9,12-13H2,1-2H3,(H,27,28,29)/t14-/m1/s1. The zero-order valence-electron chi connectivity index (χ0n) is 19.0. The maximum atomic E-state index is 12.8. The molecule has 0 unspecified atom stereocenters. The number of benzene rings is 1. The fourth-order valence-electron chi connectivity index (χ4n) is 3.76. The summed E-state index contributed by atoms with van der Waals surface area (Å²) >= 11 is 0. The molecule has 0 saturated carbocycles. The van der Waals surface area contributed by atoms with Crippen LogP contribution in [0, 0.1) is 0 Å². The second-order valence-electron chi connectivity index (χ2n) is 8.14. The van der Waals surface area contributed by atoms with E-state index in [0.717, 1.165) is 29.7 Å². The van der Waals surface area contributed by atoms with Gasteiger partial charge in [-0.05, 0) is 42.2 Å². The van der Waals surface area contributed by atoms with E-state index in [-0.39, 0.29) is 22.8 Å². The molecule has 0 amide bonds. The monoisotopic (exact) mass is 511 g/mol. The summed E-state index contributed by atoms with van der Waals surface area (Å²) < 4.78 is 74.5. The van der Waals surface area contributed by atoms with Crippen molar-refractivity contribution in [3.8, 4) is 5.88 Å². The number of fused-ring (bicyclic) bond motifs is 1. The Labute approximate surface area is 200 Å². The van der Waals surface area contributed by atoms with Crippen LogP contribution in [0.3, 0.4) is 0 Å². The lowest BCUT2D eigenvalue weighted by molar-refractivity contribution is -0.154. The van der Waals surface area contributed by atoms with Crippen molar-refractivity contribution < 1.29 is 30.8 Å². The van der Waals surface area contributed by atoms with E-state index in [1.165, 1.54) is 12.3 Å². The highest BCUT2D eigenvalue weighted by Gasteiger charge is 2.29. The van der Waals surface area contributed by atoms with E-state index in [1.807, 2.05) is 13.8 Å². The third-order valence-corrected chi connectivity index (χ3v) is 7.03. The van der Waals surface area contributed by atoms with Crippen LogP contribution in [0.1, 0.15) is 42.4 Å². The van der Waals surface area contributed by atoms with Gasteiger partial charge in [-0.3, -0.25) is 4.90 Å². The highest BCUT2D eigenvalue weighted by atomic mass is 32.2. The minimum Gasteiger partial charge on any atom is -0.468 e. The summed E-state index contributed by atoms with van der Waals surface area (Å²) in [7, 11) is -3.92. The van der Waals surface area contributed by atoms with E-state index in [0.29, 0.717) is 18.8 Å². The molecule has 9 nitrogen and oxygen atoms in total. The summed E-state index contributed by atoms with van der Waals surface area (Å²) in [6, 6.07) is 7.76. The number of halogens is 3. The first-order chi connectivity index (χ1) is 16.5. The Kier molecular flexibility index (Phi) is 6.99. The minimum absolute atomic E-state index is 0.0786. The van der Waals surface area contributed by atoms with Gasteiger partial charge >= 0.3 is 12.2 Å². The fraction of sp³-hybridized carbons (Fsp3) is 0.409.